The molecule has 0 aromatic carbocycles. The minimum Gasteiger partial charge on any atom is -0.318 e. The van der Waals surface area contributed by atoms with Crippen LogP contribution in [-0.2, 0) is 14.4 Å². The summed E-state index contributed by atoms with van der Waals surface area (Å²) in [6.07, 6.45) is 0. The molecular weight excluding hydrogens is 210 g/mol. The third-order valence-electron chi connectivity index (χ3n) is 2.61. The van der Waals surface area contributed by atoms with Gasteiger partial charge in [-0.15, -0.1) is 0 Å². The summed E-state index contributed by atoms with van der Waals surface area (Å²) in [5.74, 6) is -1.11. The van der Waals surface area contributed by atoms with Gasteiger partial charge in [0.05, 0.1) is 6.54 Å². The second kappa shape index (κ2) is 4.61. The maximum atomic E-state index is 11.8. The molecule has 3 amide bonds. The zero-order chi connectivity index (χ0) is 12.3. The zero-order valence-corrected chi connectivity index (χ0v) is 9.79. The van der Waals surface area contributed by atoms with E-state index in [0.29, 0.717) is 6.54 Å². The molecule has 0 saturated carbocycles. The number of amides is 3. The van der Waals surface area contributed by atoms with Crippen molar-refractivity contribution in [1.82, 2.24) is 15.5 Å². The molecule has 16 heavy (non-hydrogen) atoms. The number of hydrogen-bond donors (Lipinski definition) is 2. The van der Waals surface area contributed by atoms with Crippen LogP contribution >= 0.6 is 0 Å². The van der Waals surface area contributed by atoms with Crippen LogP contribution in [-0.4, -0.2) is 47.8 Å². The van der Waals surface area contributed by atoms with Gasteiger partial charge in [-0.25, -0.2) is 0 Å². The first-order valence-electron chi connectivity index (χ1n) is 5.25. The summed E-state index contributed by atoms with van der Waals surface area (Å²) in [6.45, 7) is 5.87. The molecule has 1 aliphatic rings. The fourth-order valence-electron chi connectivity index (χ4n) is 1.51. The molecule has 2 N–H and O–H groups in total. The topological polar surface area (TPSA) is 78.5 Å². The molecule has 0 bridgehead atoms. The molecule has 0 unspecified atom stereocenters. The van der Waals surface area contributed by atoms with E-state index in [1.807, 2.05) is 6.92 Å². The van der Waals surface area contributed by atoms with Gasteiger partial charge in [-0.1, -0.05) is 6.92 Å². The second-order valence-electron chi connectivity index (χ2n) is 4.20. The lowest BCUT2D eigenvalue weighted by molar-refractivity contribution is -0.155. The van der Waals surface area contributed by atoms with E-state index in [1.54, 1.807) is 13.8 Å². The number of nitrogens with one attached hydrogen (secondary N) is 2. The van der Waals surface area contributed by atoms with Gasteiger partial charge in [0.15, 0.2) is 0 Å². The summed E-state index contributed by atoms with van der Waals surface area (Å²) in [5.41, 5.74) is -0.972. The smallest absolute Gasteiger partial charge is 0.252 e. The number of carbonyl (C=O) groups is 3. The number of hydrogen-bond acceptors (Lipinski definition) is 4. The zero-order valence-electron chi connectivity index (χ0n) is 9.79. The molecule has 1 aliphatic heterocycles. The lowest BCUT2D eigenvalue weighted by Gasteiger charge is -2.40. The minimum atomic E-state index is -0.972. The van der Waals surface area contributed by atoms with Crippen molar-refractivity contribution in [3.63, 3.8) is 0 Å². The Bertz CT molecular complexity index is 325. The number of imide groups is 1. The highest BCUT2D eigenvalue weighted by Crippen LogP contribution is 2.17. The van der Waals surface area contributed by atoms with Gasteiger partial charge in [0.2, 0.25) is 11.8 Å². The molecule has 1 fully saturated rings. The highest BCUT2D eigenvalue weighted by atomic mass is 16.2. The molecule has 6 nitrogen and oxygen atoms in total. The Balaban J connectivity index is 2.79. The highest BCUT2D eigenvalue weighted by Gasteiger charge is 2.43. The van der Waals surface area contributed by atoms with Gasteiger partial charge in [-0.05, 0) is 20.4 Å². The van der Waals surface area contributed by atoms with Crippen LogP contribution in [0.1, 0.15) is 20.8 Å². The summed E-state index contributed by atoms with van der Waals surface area (Å²) in [6, 6.07) is 0. The second-order valence-corrected chi connectivity index (χ2v) is 4.20. The van der Waals surface area contributed by atoms with Crippen LogP contribution < -0.4 is 10.6 Å². The Labute approximate surface area is 94.4 Å². The monoisotopic (exact) mass is 227 g/mol. The van der Waals surface area contributed by atoms with Crippen molar-refractivity contribution in [1.29, 1.82) is 0 Å². The normalized spacial score (nSPS) is 19.6. The molecule has 0 atom stereocenters. The number of rotatable bonds is 3. The number of likely N-dealkylation sites (N-methyl/N-ethyl adjacent to an activating group) is 1. The van der Waals surface area contributed by atoms with E-state index in [2.05, 4.69) is 10.6 Å². The van der Waals surface area contributed by atoms with E-state index >= 15 is 0 Å². The van der Waals surface area contributed by atoms with Crippen molar-refractivity contribution in [3.05, 3.63) is 0 Å². The van der Waals surface area contributed by atoms with Crippen LogP contribution in [0.4, 0.5) is 0 Å². The number of nitrogens with zero attached hydrogens (tertiary/aromatic N) is 1. The van der Waals surface area contributed by atoms with Crippen LogP contribution in [0.5, 0.6) is 0 Å². The van der Waals surface area contributed by atoms with Crippen LogP contribution in [0, 0.1) is 0 Å². The molecule has 1 rings (SSSR count). The third-order valence-corrected chi connectivity index (χ3v) is 2.61. The van der Waals surface area contributed by atoms with Crippen molar-refractivity contribution in [3.8, 4) is 0 Å². The first-order chi connectivity index (χ1) is 7.39. The average Bonchev–Trinajstić information content (AvgIpc) is 2.20. The van der Waals surface area contributed by atoms with Gasteiger partial charge >= 0.3 is 0 Å². The molecule has 1 saturated heterocycles. The predicted molar refractivity (Wildman–Crippen MR) is 57.5 cm³/mol. The van der Waals surface area contributed by atoms with Gasteiger partial charge < -0.3 is 10.2 Å². The Morgan fingerprint density at radius 3 is 2.69 bits per heavy atom. The maximum absolute atomic E-state index is 11.8. The lowest BCUT2D eigenvalue weighted by atomic mass is 9.98. The highest BCUT2D eigenvalue weighted by molar-refractivity contribution is 6.06. The molecule has 90 valence electrons. The summed E-state index contributed by atoms with van der Waals surface area (Å²) in [5, 5.41) is 5.10. The quantitative estimate of drug-likeness (QED) is 0.597. The van der Waals surface area contributed by atoms with Gasteiger partial charge in [-0.3, -0.25) is 19.7 Å². The summed E-state index contributed by atoms with van der Waals surface area (Å²) in [4.78, 5) is 35.9. The molecule has 0 radical (unpaired) electrons. The van der Waals surface area contributed by atoms with E-state index in [-0.39, 0.29) is 19.0 Å². The first kappa shape index (κ1) is 12.6. The van der Waals surface area contributed by atoms with Crippen molar-refractivity contribution < 1.29 is 14.4 Å². The molecule has 0 aliphatic carbocycles. The molecule has 6 heteroatoms. The van der Waals surface area contributed by atoms with Crippen LogP contribution in [0.15, 0.2) is 0 Å². The van der Waals surface area contributed by atoms with Crippen molar-refractivity contribution in [2.24, 2.45) is 0 Å². The molecular formula is C10H17N3O3. The van der Waals surface area contributed by atoms with Crippen molar-refractivity contribution in [2.45, 2.75) is 26.3 Å². The SMILES string of the molecule is CCNCC(=O)N1CC(=O)NC(=O)C1(C)C. The fourth-order valence-corrected chi connectivity index (χ4v) is 1.51. The van der Waals surface area contributed by atoms with Gasteiger partial charge in [0, 0.05) is 0 Å². The largest absolute Gasteiger partial charge is 0.318 e. The average molecular weight is 227 g/mol. The molecule has 0 spiro atoms. The van der Waals surface area contributed by atoms with Gasteiger partial charge in [0.1, 0.15) is 12.1 Å². The summed E-state index contributed by atoms with van der Waals surface area (Å²) < 4.78 is 0. The standard InChI is InChI=1S/C10H17N3O3/c1-4-11-5-8(15)13-6-7(14)12-9(16)10(13,2)3/h11H,4-6H2,1-3H3,(H,12,14,16). The van der Waals surface area contributed by atoms with Crippen molar-refractivity contribution in [2.75, 3.05) is 19.6 Å². The molecule has 1 heterocycles. The first-order valence-corrected chi connectivity index (χ1v) is 5.25. The third kappa shape index (κ3) is 2.38. The van der Waals surface area contributed by atoms with Crippen LogP contribution in [0.2, 0.25) is 0 Å². The minimum absolute atomic E-state index is 0.0665. The van der Waals surface area contributed by atoms with Gasteiger partial charge in [-0.2, -0.15) is 0 Å². The predicted octanol–water partition coefficient (Wildman–Crippen LogP) is -1.14. The Hall–Kier alpha value is -1.43. The Kier molecular flexibility index (Phi) is 3.64. The van der Waals surface area contributed by atoms with E-state index in [0.717, 1.165) is 0 Å². The number of carbonyl (C=O) groups excluding carboxylic acids is 3. The van der Waals surface area contributed by atoms with Crippen LogP contribution in [0.3, 0.4) is 0 Å². The lowest BCUT2D eigenvalue weighted by Crippen LogP contribution is -2.66. The van der Waals surface area contributed by atoms with Crippen LogP contribution in [0.25, 0.3) is 0 Å². The summed E-state index contributed by atoms with van der Waals surface area (Å²) >= 11 is 0. The molecule has 0 aromatic rings. The molecule has 0 aromatic heterocycles. The maximum Gasteiger partial charge on any atom is 0.252 e. The van der Waals surface area contributed by atoms with E-state index in [1.165, 1.54) is 4.90 Å². The number of piperazine rings is 1. The van der Waals surface area contributed by atoms with Crippen molar-refractivity contribution >= 4 is 17.7 Å². The van der Waals surface area contributed by atoms with E-state index in [9.17, 15) is 14.4 Å². The fraction of sp³-hybridized carbons (Fsp3) is 0.700. The Morgan fingerprint density at radius 2 is 2.12 bits per heavy atom. The van der Waals surface area contributed by atoms with E-state index < -0.39 is 17.4 Å². The Morgan fingerprint density at radius 1 is 1.50 bits per heavy atom. The van der Waals surface area contributed by atoms with E-state index in [4.69, 9.17) is 0 Å². The summed E-state index contributed by atoms with van der Waals surface area (Å²) in [7, 11) is 0. The van der Waals surface area contributed by atoms with Gasteiger partial charge in [0.25, 0.3) is 5.91 Å².